The van der Waals surface area contributed by atoms with E-state index in [0.717, 1.165) is 0 Å². The van der Waals surface area contributed by atoms with Gasteiger partial charge in [0.25, 0.3) is 0 Å². The molecule has 0 unspecified atom stereocenters. The van der Waals surface area contributed by atoms with Gasteiger partial charge in [-0.3, -0.25) is 10.1 Å². The van der Waals surface area contributed by atoms with E-state index in [1.165, 1.54) is 25.3 Å². The zero-order valence-electron chi connectivity index (χ0n) is 10.7. The Morgan fingerprint density at radius 1 is 1.33 bits per heavy atom. The van der Waals surface area contributed by atoms with E-state index in [4.69, 9.17) is 9.47 Å². The smallest absolute Gasteiger partial charge is 0.338 e. The van der Waals surface area contributed by atoms with E-state index in [2.05, 4.69) is 0 Å². The van der Waals surface area contributed by atoms with Crippen molar-refractivity contribution in [3.05, 3.63) is 33.9 Å². The summed E-state index contributed by atoms with van der Waals surface area (Å²) < 4.78 is 10.0. The number of benzene rings is 1. The zero-order chi connectivity index (χ0) is 13.9. The first-order valence-electron chi connectivity index (χ1n) is 5.30. The normalized spacial score (nSPS) is 10.9. The molecule has 0 saturated carbocycles. The summed E-state index contributed by atoms with van der Waals surface area (Å²) >= 11 is 0. The molecule has 0 radical (unpaired) electrons. The number of nitro benzene ring substituents is 1. The maximum atomic E-state index is 11.8. The second kappa shape index (κ2) is 5.03. The van der Waals surface area contributed by atoms with Gasteiger partial charge in [-0.05, 0) is 26.8 Å². The van der Waals surface area contributed by atoms with Gasteiger partial charge in [-0.25, -0.2) is 4.79 Å². The minimum absolute atomic E-state index is 0.0309. The van der Waals surface area contributed by atoms with Crippen molar-refractivity contribution >= 4 is 11.7 Å². The van der Waals surface area contributed by atoms with E-state index in [1.54, 1.807) is 20.8 Å². The quantitative estimate of drug-likeness (QED) is 0.470. The third-order valence-electron chi connectivity index (χ3n) is 2.01. The molecule has 0 aromatic heterocycles. The number of esters is 1. The summed E-state index contributed by atoms with van der Waals surface area (Å²) in [6, 6.07) is 3.86. The van der Waals surface area contributed by atoms with Crippen molar-refractivity contribution in [2.24, 2.45) is 0 Å². The van der Waals surface area contributed by atoms with Gasteiger partial charge in [0, 0.05) is 12.1 Å². The molecule has 0 N–H and O–H groups in total. The van der Waals surface area contributed by atoms with Crippen molar-refractivity contribution in [3.8, 4) is 5.75 Å². The van der Waals surface area contributed by atoms with E-state index in [1.807, 2.05) is 0 Å². The summed E-state index contributed by atoms with van der Waals surface area (Å²) in [5.41, 5.74) is -0.594. The highest BCUT2D eigenvalue weighted by Crippen LogP contribution is 2.28. The summed E-state index contributed by atoms with van der Waals surface area (Å²) in [7, 11) is 1.31. The highest BCUT2D eigenvalue weighted by Gasteiger charge is 2.21. The first-order chi connectivity index (χ1) is 8.24. The number of nitrogens with zero attached hydrogens (tertiary/aromatic N) is 1. The Balaban J connectivity index is 3.06. The summed E-state index contributed by atoms with van der Waals surface area (Å²) in [5.74, 6) is -0.515. The Bertz CT molecular complexity index is 476. The van der Waals surface area contributed by atoms with Gasteiger partial charge in [0.2, 0.25) is 0 Å². The van der Waals surface area contributed by atoms with Crippen LogP contribution >= 0.6 is 0 Å². The molecule has 0 aliphatic heterocycles. The van der Waals surface area contributed by atoms with Gasteiger partial charge >= 0.3 is 11.7 Å². The van der Waals surface area contributed by atoms with E-state index >= 15 is 0 Å². The third-order valence-corrected chi connectivity index (χ3v) is 2.01. The fourth-order valence-electron chi connectivity index (χ4n) is 1.29. The van der Waals surface area contributed by atoms with Crippen molar-refractivity contribution in [2.75, 3.05) is 7.11 Å². The Morgan fingerprint density at radius 2 is 1.94 bits per heavy atom. The number of carbonyl (C=O) groups is 1. The fourth-order valence-corrected chi connectivity index (χ4v) is 1.29. The first-order valence-corrected chi connectivity index (χ1v) is 5.30. The molecule has 0 bridgehead atoms. The number of carbonyl (C=O) groups excluding carboxylic acids is 1. The molecule has 1 aromatic rings. The zero-order valence-corrected chi connectivity index (χ0v) is 10.7. The molecule has 0 aliphatic carbocycles. The number of methoxy groups -OCH3 is 1. The van der Waals surface area contributed by atoms with Crippen molar-refractivity contribution < 1.29 is 19.2 Å². The summed E-state index contributed by atoms with van der Waals surface area (Å²) in [6.07, 6.45) is 0. The van der Waals surface area contributed by atoms with E-state index in [-0.39, 0.29) is 17.0 Å². The lowest BCUT2D eigenvalue weighted by Gasteiger charge is -2.19. The van der Waals surface area contributed by atoms with Gasteiger partial charge < -0.3 is 9.47 Å². The molecule has 0 aliphatic rings. The number of hydrogen-bond acceptors (Lipinski definition) is 5. The molecule has 6 nitrogen and oxygen atoms in total. The van der Waals surface area contributed by atoms with Gasteiger partial charge in [0.15, 0.2) is 5.75 Å². The average Bonchev–Trinajstić information content (AvgIpc) is 2.25. The molecule has 6 heteroatoms. The predicted octanol–water partition coefficient (Wildman–Crippen LogP) is 2.56. The molecule has 1 rings (SSSR count). The fraction of sp³-hybridized carbons (Fsp3) is 0.417. The SMILES string of the molecule is COc1cc(C(=O)OC(C)(C)C)ccc1[N+](=O)[O-]. The van der Waals surface area contributed by atoms with Crippen LogP contribution in [0, 0.1) is 10.1 Å². The van der Waals surface area contributed by atoms with Crippen LogP contribution in [-0.4, -0.2) is 23.6 Å². The molecule has 0 atom stereocenters. The lowest BCUT2D eigenvalue weighted by atomic mass is 10.1. The largest absolute Gasteiger partial charge is 0.490 e. The molecule has 0 heterocycles. The summed E-state index contributed by atoms with van der Waals surface area (Å²) in [4.78, 5) is 21.9. The van der Waals surface area contributed by atoms with Crippen molar-refractivity contribution in [1.82, 2.24) is 0 Å². The molecule has 1 aromatic carbocycles. The van der Waals surface area contributed by atoms with Crippen molar-refractivity contribution in [1.29, 1.82) is 0 Å². The van der Waals surface area contributed by atoms with Gasteiger partial charge in [0.05, 0.1) is 17.6 Å². The minimum atomic E-state index is -0.619. The Kier molecular flexibility index (Phi) is 3.90. The van der Waals surface area contributed by atoms with Crippen molar-refractivity contribution in [3.63, 3.8) is 0 Å². The van der Waals surface area contributed by atoms with E-state index in [0.29, 0.717) is 0 Å². The van der Waals surface area contributed by atoms with Gasteiger partial charge in [-0.15, -0.1) is 0 Å². The van der Waals surface area contributed by atoms with Crippen molar-refractivity contribution in [2.45, 2.75) is 26.4 Å². The Morgan fingerprint density at radius 3 is 2.39 bits per heavy atom. The highest BCUT2D eigenvalue weighted by molar-refractivity contribution is 5.90. The van der Waals surface area contributed by atoms with Crippen LogP contribution in [0.3, 0.4) is 0 Å². The number of ether oxygens (including phenoxy) is 2. The first kappa shape index (κ1) is 14.0. The minimum Gasteiger partial charge on any atom is -0.490 e. The second-order valence-corrected chi connectivity index (χ2v) is 4.65. The Labute approximate surface area is 105 Å². The lowest BCUT2D eigenvalue weighted by molar-refractivity contribution is -0.385. The molecule has 0 fully saturated rings. The van der Waals surface area contributed by atoms with Crippen LogP contribution in [0.25, 0.3) is 0 Å². The molecular formula is C12H15NO5. The molecule has 98 valence electrons. The maximum Gasteiger partial charge on any atom is 0.338 e. The van der Waals surface area contributed by atoms with Crippen LogP contribution < -0.4 is 4.74 Å². The topological polar surface area (TPSA) is 78.7 Å². The molecule has 0 amide bonds. The third kappa shape index (κ3) is 3.44. The Hall–Kier alpha value is -2.11. The van der Waals surface area contributed by atoms with Crippen LogP contribution in [-0.2, 0) is 4.74 Å². The lowest BCUT2D eigenvalue weighted by Crippen LogP contribution is -2.23. The van der Waals surface area contributed by atoms with Crippen LogP contribution in [0.4, 0.5) is 5.69 Å². The monoisotopic (exact) mass is 253 g/mol. The molecule has 18 heavy (non-hydrogen) atoms. The summed E-state index contributed by atoms with van der Waals surface area (Å²) in [5, 5.41) is 10.7. The van der Waals surface area contributed by atoms with Crippen LogP contribution in [0.15, 0.2) is 18.2 Å². The predicted molar refractivity (Wildman–Crippen MR) is 64.8 cm³/mol. The standard InChI is InChI=1S/C12H15NO5/c1-12(2,3)18-11(14)8-5-6-9(13(15)16)10(7-8)17-4/h5-7H,1-4H3. The molecule has 0 spiro atoms. The van der Waals surface area contributed by atoms with Crippen LogP contribution in [0.2, 0.25) is 0 Å². The van der Waals surface area contributed by atoms with E-state index in [9.17, 15) is 14.9 Å². The van der Waals surface area contributed by atoms with E-state index < -0.39 is 16.5 Å². The number of hydrogen-bond donors (Lipinski definition) is 0. The highest BCUT2D eigenvalue weighted by atomic mass is 16.6. The molecular weight excluding hydrogens is 238 g/mol. The van der Waals surface area contributed by atoms with Gasteiger partial charge in [0.1, 0.15) is 5.60 Å². The van der Waals surface area contributed by atoms with Gasteiger partial charge in [-0.1, -0.05) is 0 Å². The van der Waals surface area contributed by atoms with Gasteiger partial charge in [-0.2, -0.15) is 0 Å². The summed E-state index contributed by atoms with van der Waals surface area (Å²) in [6.45, 7) is 5.23. The number of nitro groups is 1. The second-order valence-electron chi connectivity index (χ2n) is 4.65. The molecule has 0 saturated heterocycles. The maximum absolute atomic E-state index is 11.8. The number of rotatable bonds is 3. The van der Waals surface area contributed by atoms with Crippen LogP contribution in [0.1, 0.15) is 31.1 Å². The average molecular weight is 253 g/mol. The van der Waals surface area contributed by atoms with Crippen LogP contribution in [0.5, 0.6) is 5.75 Å².